The molecule has 0 heterocycles. The first-order chi connectivity index (χ1) is 5.95. The molecule has 0 aromatic carbocycles. The highest BCUT2D eigenvalue weighted by atomic mass is 32.2. The summed E-state index contributed by atoms with van der Waals surface area (Å²) in [4.78, 5) is 20.9. The van der Waals surface area contributed by atoms with Crippen molar-refractivity contribution in [1.29, 1.82) is 0 Å². The van der Waals surface area contributed by atoms with Crippen LogP contribution in [0.4, 0.5) is 0 Å². The first-order valence-corrected chi connectivity index (χ1v) is 4.56. The van der Waals surface area contributed by atoms with Gasteiger partial charge in [0.2, 0.25) is 5.91 Å². The first kappa shape index (κ1) is 12.0. The Morgan fingerprint density at radius 3 is 2.46 bits per heavy atom. The number of hydrogen-bond acceptors (Lipinski definition) is 4. The fourth-order valence-electron chi connectivity index (χ4n) is 0.484. The Bertz CT molecular complexity index is 231. The number of nitrogens with two attached hydrogens (primary N) is 1. The molecule has 2 atom stereocenters. The van der Waals surface area contributed by atoms with Gasteiger partial charge in [0.15, 0.2) is 17.1 Å². The largest absolute Gasteiger partial charge is 0.480 e. The molecular formula is C5H10N2O5S. The Hall–Kier alpha value is -0.990. The number of carboxylic acids is 1. The topological polar surface area (TPSA) is 130 Å². The lowest BCUT2D eigenvalue weighted by atomic mass is 10.3. The predicted molar refractivity (Wildman–Crippen MR) is 44.3 cm³/mol. The van der Waals surface area contributed by atoms with E-state index in [1.807, 2.05) is 0 Å². The lowest BCUT2D eigenvalue weighted by Crippen LogP contribution is -2.46. The van der Waals surface area contributed by atoms with Gasteiger partial charge in [-0.15, -0.1) is 0 Å². The van der Waals surface area contributed by atoms with Crippen LogP contribution in [0.1, 0.15) is 0 Å². The molecule has 0 fully saturated rings. The second-order valence-electron chi connectivity index (χ2n) is 2.13. The molecule has 0 radical (unpaired) electrons. The lowest BCUT2D eigenvalue weighted by Gasteiger charge is -2.06. The third-order valence-electron chi connectivity index (χ3n) is 1.12. The Labute approximate surface area is 76.6 Å². The highest BCUT2D eigenvalue weighted by Gasteiger charge is 2.20. The van der Waals surface area contributed by atoms with Gasteiger partial charge in [0.25, 0.3) is 0 Å². The molecule has 8 heteroatoms. The number of carbonyl (C=O) groups is 2. The SMILES string of the molecule is NC(C(=O)O)C(=O)NCCS(=O)O. The average molecular weight is 210 g/mol. The molecule has 0 bridgehead atoms. The van der Waals surface area contributed by atoms with E-state index in [0.717, 1.165) is 0 Å². The van der Waals surface area contributed by atoms with E-state index < -0.39 is 29.0 Å². The summed E-state index contributed by atoms with van der Waals surface area (Å²) in [5, 5.41) is 10.4. The van der Waals surface area contributed by atoms with E-state index in [2.05, 4.69) is 5.32 Å². The summed E-state index contributed by atoms with van der Waals surface area (Å²) < 4.78 is 18.4. The van der Waals surface area contributed by atoms with Gasteiger partial charge in [-0.05, 0) is 0 Å². The molecule has 0 aliphatic heterocycles. The third kappa shape index (κ3) is 5.28. The third-order valence-corrected chi connectivity index (χ3v) is 1.68. The van der Waals surface area contributed by atoms with E-state index in [9.17, 15) is 13.8 Å². The highest BCUT2D eigenvalue weighted by molar-refractivity contribution is 7.79. The minimum absolute atomic E-state index is 0.0804. The minimum Gasteiger partial charge on any atom is -0.480 e. The number of nitrogens with one attached hydrogen (secondary N) is 1. The maximum atomic E-state index is 10.8. The second kappa shape index (κ2) is 5.62. The van der Waals surface area contributed by atoms with Gasteiger partial charge in [0.05, 0.1) is 5.75 Å². The van der Waals surface area contributed by atoms with Crippen LogP contribution in [0.15, 0.2) is 0 Å². The van der Waals surface area contributed by atoms with Crippen molar-refractivity contribution in [2.45, 2.75) is 6.04 Å². The number of carboxylic acid groups (broad SMARTS) is 1. The van der Waals surface area contributed by atoms with E-state index in [4.69, 9.17) is 15.4 Å². The predicted octanol–water partition coefficient (Wildman–Crippen LogP) is -2.26. The summed E-state index contributed by atoms with van der Waals surface area (Å²) >= 11 is -2.01. The number of aliphatic carboxylic acids is 1. The summed E-state index contributed by atoms with van der Waals surface area (Å²) in [6.45, 7) is -0.0804. The van der Waals surface area contributed by atoms with Crippen LogP contribution in [0.3, 0.4) is 0 Å². The number of amides is 1. The van der Waals surface area contributed by atoms with Crippen molar-refractivity contribution in [2.75, 3.05) is 12.3 Å². The fraction of sp³-hybridized carbons (Fsp3) is 0.600. The molecule has 76 valence electrons. The lowest BCUT2D eigenvalue weighted by molar-refractivity contribution is -0.142. The summed E-state index contributed by atoms with van der Waals surface area (Å²) in [5.74, 6) is -2.47. The number of rotatable bonds is 5. The molecule has 0 spiro atoms. The average Bonchev–Trinajstić information content (AvgIpc) is 2.02. The van der Waals surface area contributed by atoms with Crippen molar-refractivity contribution in [3.05, 3.63) is 0 Å². The van der Waals surface area contributed by atoms with Crippen molar-refractivity contribution >= 4 is 23.0 Å². The van der Waals surface area contributed by atoms with Crippen molar-refractivity contribution in [3.8, 4) is 0 Å². The van der Waals surface area contributed by atoms with Crippen LogP contribution in [0.2, 0.25) is 0 Å². The maximum Gasteiger partial charge on any atom is 0.330 e. The monoisotopic (exact) mass is 210 g/mol. The molecule has 0 aromatic heterocycles. The molecule has 1 amide bonds. The Balaban J connectivity index is 3.75. The molecule has 0 rings (SSSR count). The smallest absolute Gasteiger partial charge is 0.330 e. The number of carbonyl (C=O) groups excluding carboxylic acids is 1. The zero-order chi connectivity index (χ0) is 10.4. The highest BCUT2D eigenvalue weighted by Crippen LogP contribution is 1.79. The molecule has 2 unspecified atom stereocenters. The van der Waals surface area contributed by atoms with Gasteiger partial charge in [-0.1, -0.05) is 0 Å². The molecule has 0 aliphatic carbocycles. The van der Waals surface area contributed by atoms with Crippen LogP contribution in [-0.2, 0) is 20.7 Å². The quantitative estimate of drug-likeness (QED) is 0.299. The van der Waals surface area contributed by atoms with Crippen LogP contribution < -0.4 is 11.1 Å². The molecule has 7 nitrogen and oxygen atoms in total. The summed E-state index contributed by atoms with van der Waals surface area (Å²) in [5.41, 5.74) is 4.93. The van der Waals surface area contributed by atoms with Crippen molar-refractivity contribution in [2.24, 2.45) is 5.73 Å². The van der Waals surface area contributed by atoms with Gasteiger partial charge in [-0.3, -0.25) is 4.79 Å². The molecule has 0 aromatic rings. The van der Waals surface area contributed by atoms with Crippen LogP contribution in [0.5, 0.6) is 0 Å². The number of hydrogen-bond donors (Lipinski definition) is 4. The van der Waals surface area contributed by atoms with Crippen molar-refractivity contribution < 1.29 is 23.5 Å². The van der Waals surface area contributed by atoms with E-state index in [0.29, 0.717) is 0 Å². The molecule has 13 heavy (non-hydrogen) atoms. The fourth-order valence-corrected chi connectivity index (χ4v) is 0.760. The Morgan fingerprint density at radius 2 is 2.08 bits per heavy atom. The van der Waals surface area contributed by atoms with E-state index in [1.165, 1.54) is 0 Å². The molecule has 0 saturated heterocycles. The zero-order valence-electron chi connectivity index (χ0n) is 6.60. The summed E-state index contributed by atoms with van der Waals surface area (Å²) in [7, 11) is 0. The minimum atomic E-state index is -2.01. The van der Waals surface area contributed by atoms with Gasteiger partial charge in [-0.2, -0.15) is 0 Å². The van der Waals surface area contributed by atoms with E-state index in [1.54, 1.807) is 0 Å². The molecule has 0 aliphatic rings. The summed E-state index contributed by atoms with van der Waals surface area (Å²) in [6.07, 6.45) is 0. The van der Waals surface area contributed by atoms with Gasteiger partial charge in [0, 0.05) is 6.54 Å². The maximum absolute atomic E-state index is 10.8. The van der Waals surface area contributed by atoms with Crippen LogP contribution >= 0.6 is 0 Å². The van der Waals surface area contributed by atoms with Crippen LogP contribution in [0, 0.1) is 0 Å². The zero-order valence-corrected chi connectivity index (χ0v) is 7.41. The van der Waals surface area contributed by atoms with Crippen molar-refractivity contribution in [3.63, 3.8) is 0 Å². The standard InChI is InChI=1S/C5H10N2O5S/c6-3(5(9)10)4(8)7-1-2-13(11)12/h3H,1-2,6H2,(H,7,8)(H,9,10)(H,11,12). The van der Waals surface area contributed by atoms with E-state index in [-0.39, 0.29) is 12.3 Å². The van der Waals surface area contributed by atoms with Gasteiger partial charge in [0.1, 0.15) is 0 Å². The second-order valence-corrected chi connectivity index (χ2v) is 3.18. The van der Waals surface area contributed by atoms with Crippen LogP contribution in [0.25, 0.3) is 0 Å². The first-order valence-electron chi connectivity index (χ1n) is 3.28. The molecule has 0 saturated carbocycles. The van der Waals surface area contributed by atoms with Crippen molar-refractivity contribution in [1.82, 2.24) is 5.32 Å². The Kier molecular flexibility index (Phi) is 5.19. The Morgan fingerprint density at radius 1 is 1.54 bits per heavy atom. The normalized spacial score (nSPS) is 14.6. The van der Waals surface area contributed by atoms with Crippen LogP contribution in [-0.4, -0.2) is 44.1 Å². The summed E-state index contributed by atoms with van der Waals surface area (Å²) in [6, 6.07) is -1.63. The molecule has 5 N–H and O–H groups in total. The van der Waals surface area contributed by atoms with Gasteiger partial charge in [-0.25, -0.2) is 9.00 Å². The van der Waals surface area contributed by atoms with Gasteiger partial charge >= 0.3 is 5.97 Å². The van der Waals surface area contributed by atoms with E-state index >= 15 is 0 Å². The molecular weight excluding hydrogens is 200 g/mol. The van der Waals surface area contributed by atoms with Gasteiger partial charge < -0.3 is 20.7 Å².